The summed E-state index contributed by atoms with van der Waals surface area (Å²) in [7, 11) is 4.94. The lowest BCUT2D eigenvalue weighted by molar-refractivity contribution is -0.907. The van der Waals surface area contributed by atoms with Gasteiger partial charge in [0, 0.05) is 11.6 Å². The minimum atomic E-state index is -0.511. The van der Waals surface area contributed by atoms with Crippen molar-refractivity contribution in [3.8, 4) is 11.5 Å². The molecule has 0 saturated carbocycles. The average molecular weight is 374 g/mol. The fourth-order valence-electron chi connectivity index (χ4n) is 2.62. The zero-order chi connectivity index (χ0) is 20.0. The van der Waals surface area contributed by atoms with Gasteiger partial charge in [0.05, 0.1) is 37.9 Å². The van der Waals surface area contributed by atoms with Gasteiger partial charge in [-0.2, -0.15) is 0 Å². The van der Waals surface area contributed by atoms with Crippen LogP contribution in [0.15, 0.2) is 42.5 Å². The predicted octanol–water partition coefficient (Wildman–Crippen LogP) is 1.65. The van der Waals surface area contributed by atoms with Gasteiger partial charge in [0.1, 0.15) is 18.0 Å². The van der Waals surface area contributed by atoms with Crippen molar-refractivity contribution in [1.29, 1.82) is 0 Å². The van der Waals surface area contributed by atoms with Crippen LogP contribution in [-0.2, 0) is 11.3 Å². The third kappa shape index (κ3) is 5.18. The molecule has 1 amide bonds. The van der Waals surface area contributed by atoms with E-state index in [0.29, 0.717) is 12.2 Å². The maximum atomic E-state index is 12.6. The number of rotatable bonds is 8. The standard InChI is InChI=1S/C19H23N3O5/c1-13(21(2)12-14-6-5-7-16(10-14)26-3)19(23)20-17-9-8-15(22(24)25)11-18(17)27-4/h5-11,13H,12H2,1-4H3,(H,20,23)/p+1/t13-/m1/s1. The van der Waals surface area contributed by atoms with Gasteiger partial charge >= 0.3 is 0 Å². The van der Waals surface area contributed by atoms with E-state index in [2.05, 4.69) is 5.32 Å². The molecule has 0 bridgehead atoms. The zero-order valence-electron chi connectivity index (χ0n) is 15.8. The Balaban J connectivity index is 2.07. The highest BCUT2D eigenvalue weighted by molar-refractivity contribution is 5.95. The summed E-state index contributed by atoms with van der Waals surface area (Å²) >= 11 is 0. The molecule has 0 aliphatic heterocycles. The number of nitrogens with zero attached hydrogens (tertiary/aromatic N) is 1. The van der Waals surface area contributed by atoms with Crippen LogP contribution in [0, 0.1) is 10.1 Å². The molecule has 0 aromatic heterocycles. The van der Waals surface area contributed by atoms with Gasteiger partial charge in [0.25, 0.3) is 11.6 Å². The largest absolute Gasteiger partial charge is 0.497 e. The van der Waals surface area contributed by atoms with Crippen LogP contribution >= 0.6 is 0 Å². The van der Waals surface area contributed by atoms with E-state index in [1.807, 2.05) is 38.2 Å². The number of nitrogens with one attached hydrogen (secondary N) is 2. The molecule has 8 heteroatoms. The number of anilines is 1. The lowest BCUT2D eigenvalue weighted by atomic mass is 10.1. The number of nitro benzene ring substituents is 1. The molecule has 8 nitrogen and oxygen atoms in total. The van der Waals surface area contributed by atoms with E-state index in [-0.39, 0.29) is 23.4 Å². The number of carbonyl (C=O) groups is 1. The molecular weight excluding hydrogens is 350 g/mol. The van der Waals surface area contributed by atoms with Crippen LogP contribution in [-0.4, -0.2) is 38.1 Å². The molecule has 0 fully saturated rings. The topological polar surface area (TPSA) is 95.1 Å². The maximum Gasteiger partial charge on any atom is 0.282 e. The minimum Gasteiger partial charge on any atom is -0.497 e. The van der Waals surface area contributed by atoms with Crippen LogP contribution in [0.5, 0.6) is 11.5 Å². The molecule has 2 N–H and O–H groups in total. The first kappa shape index (κ1) is 20.2. The molecule has 0 radical (unpaired) electrons. The minimum absolute atomic E-state index is 0.0985. The number of hydrogen-bond acceptors (Lipinski definition) is 5. The van der Waals surface area contributed by atoms with Crippen molar-refractivity contribution in [3.63, 3.8) is 0 Å². The molecule has 0 aliphatic rings. The Labute approximate surface area is 157 Å². The normalized spacial score (nSPS) is 12.7. The monoisotopic (exact) mass is 374 g/mol. The van der Waals surface area contributed by atoms with Crippen LogP contribution in [0.3, 0.4) is 0 Å². The highest BCUT2D eigenvalue weighted by Crippen LogP contribution is 2.28. The molecule has 1 unspecified atom stereocenters. The number of amides is 1. The van der Waals surface area contributed by atoms with Crippen molar-refractivity contribution in [1.82, 2.24) is 0 Å². The number of benzene rings is 2. The first-order valence-corrected chi connectivity index (χ1v) is 8.44. The van der Waals surface area contributed by atoms with Gasteiger partial charge in [0.15, 0.2) is 6.04 Å². The molecule has 0 spiro atoms. The quantitative estimate of drug-likeness (QED) is 0.541. The van der Waals surface area contributed by atoms with Gasteiger partial charge < -0.3 is 19.7 Å². The highest BCUT2D eigenvalue weighted by Gasteiger charge is 2.23. The molecule has 0 aliphatic carbocycles. The van der Waals surface area contributed by atoms with Crippen molar-refractivity contribution in [2.45, 2.75) is 19.5 Å². The van der Waals surface area contributed by atoms with E-state index in [1.165, 1.54) is 25.3 Å². The number of ether oxygens (including phenoxy) is 2. The van der Waals surface area contributed by atoms with Crippen molar-refractivity contribution in [2.75, 3.05) is 26.6 Å². The molecular formula is C19H24N3O5+. The fourth-order valence-corrected chi connectivity index (χ4v) is 2.62. The molecule has 0 saturated heterocycles. The van der Waals surface area contributed by atoms with Gasteiger partial charge in [-0.3, -0.25) is 14.9 Å². The Morgan fingerprint density at radius 2 is 1.96 bits per heavy atom. The van der Waals surface area contributed by atoms with Crippen molar-refractivity contribution < 1.29 is 24.1 Å². The van der Waals surface area contributed by atoms with E-state index in [4.69, 9.17) is 9.47 Å². The Bertz CT molecular complexity index is 825. The Hall–Kier alpha value is -3.13. The Morgan fingerprint density at radius 1 is 1.22 bits per heavy atom. The molecule has 27 heavy (non-hydrogen) atoms. The Morgan fingerprint density at radius 3 is 2.59 bits per heavy atom. The van der Waals surface area contributed by atoms with Crippen LogP contribution in [0.1, 0.15) is 12.5 Å². The summed E-state index contributed by atoms with van der Waals surface area (Å²) in [5.41, 5.74) is 1.35. The van der Waals surface area contributed by atoms with E-state index in [0.717, 1.165) is 16.2 Å². The summed E-state index contributed by atoms with van der Waals surface area (Å²) in [6, 6.07) is 11.4. The summed E-state index contributed by atoms with van der Waals surface area (Å²) < 4.78 is 10.4. The number of methoxy groups -OCH3 is 2. The highest BCUT2D eigenvalue weighted by atomic mass is 16.6. The number of non-ortho nitro benzene ring substituents is 1. The van der Waals surface area contributed by atoms with E-state index in [9.17, 15) is 14.9 Å². The van der Waals surface area contributed by atoms with Crippen LogP contribution < -0.4 is 19.7 Å². The zero-order valence-corrected chi connectivity index (χ0v) is 15.8. The number of quaternary nitrogens is 1. The second-order valence-corrected chi connectivity index (χ2v) is 6.23. The van der Waals surface area contributed by atoms with Crippen molar-refractivity contribution >= 4 is 17.3 Å². The predicted molar refractivity (Wildman–Crippen MR) is 101 cm³/mol. The lowest BCUT2D eigenvalue weighted by Gasteiger charge is -2.21. The summed E-state index contributed by atoms with van der Waals surface area (Å²) in [5, 5.41) is 13.7. The Kier molecular flexibility index (Phi) is 6.73. The van der Waals surface area contributed by atoms with Gasteiger partial charge in [-0.25, -0.2) is 0 Å². The molecule has 2 atom stereocenters. The van der Waals surface area contributed by atoms with Crippen molar-refractivity contribution in [3.05, 3.63) is 58.1 Å². The average Bonchev–Trinajstić information content (AvgIpc) is 2.67. The maximum absolute atomic E-state index is 12.6. The van der Waals surface area contributed by atoms with Crippen LogP contribution in [0.25, 0.3) is 0 Å². The molecule has 144 valence electrons. The summed E-state index contributed by atoms with van der Waals surface area (Å²) in [4.78, 5) is 24.0. The van der Waals surface area contributed by atoms with Crippen LogP contribution in [0.4, 0.5) is 11.4 Å². The van der Waals surface area contributed by atoms with E-state index < -0.39 is 4.92 Å². The second-order valence-electron chi connectivity index (χ2n) is 6.23. The summed E-state index contributed by atoms with van der Waals surface area (Å²) in [6.07, 6.45) is 0. The third-order valence-corrected chi connectivity index (χ3v) is 4.40. The molecule has 2 aromatic carbocycles. The first-order chi connectivity index (χ1) is 12.8. The molecule has 2 rings (SSSR count). The number of likely N-dealkylation sites (N-methyl/N-ethyl adjacent to an activating group) is 1. The summed E-state index contributed by atoms with van der Waals surface area (Å²) in [6.45, 7) is 2.46. The van der Waals surface area contributed by atoms with Gasteiger partial charge in [-0.05, 0) is 25.1 Å². The van der Waals surface area contributed by atoms with Crippen LogP contribution in [0.2, 0.25) is 0 Å². The fraction of sp³-hybridized carbons (Fsp3) is 0.316. The smallest absolute Gasteiger partial charge is 0.282 e. The van der Waals surface area contributed by atoms with Gasteiger partial charge in [-0.15, -0.1) is 0 Å². The molecule has 2 aromatic rings. The van der Waals surface area contributed by atoms with Gasteiger partial charge in [-0.1, -0.05) is 12.1 Å². The first-order valence-electron chi connectivity index (χ1n) is 8.44. The lowest BCUT2D eigenvalue weighted by Crippen LogP contribution is -3.12. The number of nitro groups is 1. The molecule has 0 heterocycles. The SMILES string of the molecule is COc1cccc(C[NH+](C)[C@H](C)C(=O)Nc2ccc([N+](=O)[O-])cc2OC)c1. The second kappa shape index (κ2) is 9.00. The van der Waals surface area contributed by atoms with E-state index in [1.54, 1.807) is 7.11 Å². The van der Waals surface area contributed by atoms with E-state index >= 15 is 0 Å². The van der Waals surface area contributed by atoms with Crippen molar-refractivity contribution in [2.24, 2.45) is 0 Å². The van der Waals surface area contributed by atoms with Gasteiger partial charge in [0.2, 0.25) is 0 Å². The third-order valence-electron chi connectivity index (χ3n) is 4.40. The number of carbonyl (C=O) groups excluding carboxylic acids is 1. The summed E-state index contributed by atoms with van der Waals surface area (Å²) in [5.74, 6) is 0.811. The number of hydrogen-bond donors (Lipinski definition) is 2.